The number of hydrogen-bond donors (Lipinski definition) is 1. The summed E-state index contributed by atoms with van der Waals surface area (Å²) in [4.78, 5) is 8.15. The van der Waals surface area contributed by atoms with E-state index in [4.69, 9.17) is 4.74 Å². The molecule has 1 N–H and O–H groups in total. The fourth-order valence-corrected chi connectivity index (χ4v) is 2.83. The van der Waals surface area contributed by atoms with Crippen molar-refractivity contribution in [2.24, 2.45) is 0 Å². The third kappa shape index (κ3) is 3.40. The number of anilines is 1. The van der Waals surface area contributed by atoms with Gasteiger partial charge in [0.2, 0.25) is 0 Å². The summed E-state index contributed by atoms with van der Waals surface area (Å²) in [7, 11) is 0. The SMILES string of the molecule is CCCNC(C)c1cnc(N2CCOCC2)s1. The summed E-state index contributed by atoms with van der Waals surface area (Å²) in [6.07, 6.45) is 3.17. The molecule has 1 aliphatic heterocycles. The molecular formula is C12H21N3OS. The molecule has 5 heteroatoms. The molecule has 4 nitrogen and oxygen atoms in total. The van der Waals surface area contributed by atoms with Gasteiger partial charge in [0.25, 0.3) is 0 Å². The van der Waals surface area contributed by atoms with Crippen LogP contribution in [-0.2, 0) is 4.74 Å². The number of ether oxygens (including phenoxy) is 1. The van der Waals surface area contributed by atoms with Gasteiger partial charge in [0.1, 0.15) is 0 Å². The Balaban J connectivity index is 1.94. The van der Waals surface area contributed by atoms with Crippen LogP contribution in [0.4, 0.5) is 5.13 Å². The van der Waals surface area contributed by atoms with Crippen molar-refractivity contribution in [2.75, 3.05) is 37.7 Å². The minimum atomic E-state index is 0.405. The molecule has 0 amide bonds. The van der Waals surface area contributed by atoms with Gasteiger partial charge in [-0.1, -0.05) is 6.92 Å². The highest BCUT2D eigenvalue weighted by atomic mass is 32.1. The third-order valence-electron chi connectivity index (χ3n) is 2.92. The number of morpholine rings is 1. The largest absolute Gasteiger partial charge is 0.378 e. The zero-order valence-electron chi connectivity index (χ0n) is 10.6. The molecular weight excluding hydrogens is 234 g/mol. The first-order chi connectivity index (χ1) is 8.31. The first kappa shape index (κ1) is 12.8. The van der Waals surface area contributed by atoms with Gasteiger partial charge in [-0.25, -0.2) is 4.98 Å². The number of thiazole rings is 1. The zero-order chi connectivity index (χ0) is 12.1. The van der Waals surface area contributed by atoms with E-state index in [-0.39, 0.29) is 0 Å². The minimum absolute atomic E-state index is 0.405. The zero-order valence-corrected chi connectivity index (χ0v) is 11.4. The summed E-state index contributed by atoms with van der Waals surface area (Å²) in [6.45, 7) is 9.01. The van der Waals surface area contributed by atoms with E-state index in [1.165, 1.54) is 11.3 Å². The van der Waals surface area contributed by atoms with E-state index in [0.29, 0.717) is 6.04 Å². The minimum Gasteiger partial charge on any atom is -0.378 e. The summed E-state index contributed by atoms with van der Waals surface area (Å²) in [5.41, 5.74) is 0. The number of hydrogen-bond acceptors (Lipinski definition) is 5. The predicted molar refractivity (Wildman–Crippen MR) is 71.9 cm³/mol. The van der Waals surface area contributed by atoms with Gasteiger partial charge in [0, 0.05) is 30.2 Å². The van der Waals surface area contributed by atoms with Gasteiger partial charge < -0.3 is 15.0 Å². The molecule has 0 spiro atoms. The Hall–Kier alpha value is -0.650. The molecule has 1 atom stereocenters. The summed E-state index contributed by atoms with van der Waals surface area (Å²) >= 11 is 1.79. The van der Waals surface area contributed by atoms with Gasteiger partial charge in [-0.05, 0) is 19.9 Å². The maximum atomic E-state index is 5.35. The molecule has 0 bridgehead atoms. The molecule has 1 saturated heterocycles. The van der Waals surface area contributed by atoms with Crippen LogP contribution < -0.4 is 10.2 Å². The Morgan fingerprint density at radius 2 is 2.29 bits per heavy atom. The van der Waals surface area contributed by atoms with Crippen LogP contribution in [0, 0.1) is 0 Å². The van der Waals surface area contributed by atoms with Crippen LogP contribution in [0.1, 0.15) is 31.2 Å². The monoisotopic (exact) mass is 255 g/mol. The van der Waals surface area contributed by atoms with Crippen molar-refractivity contribution >= 4 is 16.5 Å². The van der Waals surface area contributed by atoms with Gasteiger partial charge in [-0.2, -0.15) is 0 Å². The van der Waals surface area contributed by atoms with Crippen LogP contribution in [0.5, 0.6) is 0 Å². The van der Waals surface area contributed by atoms with Gasteiger partial charge >= 0.3 is 0 Å². The van der Waals surface area contributed by atoms with Crippen molar-refractivity contribution < 1.29 is 4.74 Å². The van der Waals surface area contributed by atoms with E-state index in [9.17, 15) is 0 Å². The quantitative estimate of drug-likeness (QED) is 0.873. The molecule has 1 aromatic heterocycles. The highest BCUT2D eigenvalue weighted by molar-refractivity contribution is 7.15. The van der Waals surface area contributed by atoms with Crippen molar-refractivity contribution in [3.05, 3.63) is 11.1 Å². The fraction of sp³-hybridized carbons (Fsp3) is 0.750. The number of nitrogens with zero attached hydrogens (tertiary/aromatic N) is 2. The maximum Gasteiger partial charge on any atom is 0.185 e. The van der Waals surface area contributed by atoms with E-state index >= 15 is 0 Å². The molecule has 0 saturated carbocycles. The molecule has 2 heterocycles. The van der Waals surface area contributed by atoms with E-state index < -0.39 is 0 Å². The first-order valence-electron chi connectivity index (χ1n) is 6.33. The molecule has 2 rings (SSSR count). The van der Waals surface area contributed by atoms with Crippen LogP contribution in [0.15, 0.2) is 6.20 Å². The molecule has 1 unspecified atom stereocenters. The average Bonchev–Trinajstić information content (AvgIpc) is 2.86. The number of nitrogens with one attached hydrogen (secondary N) is 1. The molecule has 0 aliphatic carbocycles. The molecule has 17 heavy (non-hydrogen) atoms. The van der Waals surface area contributed by atoms with Crippen LogP contribution in [0.25, 0.3) is 0 Å². The van der Waals surface area contributed by atoms with Crippen molar-refractivity contribution in [2.45, 2.75) is 26.3 Å². The number of aromatic nitrogens is 1. The molecule has 96 valence electrons. The normalized spacial score (nSPS) is 18.4. The molecule has 0 radical (unpaired) electrons. The Morgan fingerprint density at radius 3 is 3.00 bits per heavy atom. The highest BCUT2D eigenvalue weighted by Gasteiger charge is 2.16. The Kier molecular flexibility index (Phi) is 4.76. The van der Waals surface area contributed by atoms with Crippen molar-refractivity contribution in [1.29, 1.82) is 0 Å². The number of rotatable bonds is 5. The van der Waals surface area contributed by atoms with E-state index in [1.54, 1.807) is 11.3 Å². The lowest BCUT2D eigenvalue weighted by atomic mass is 10.3. The van der Waals surface area contributed by atoms with Crippen LogP contribution in [0.3, 0.4) is 0 Å². The Bertz CT molecular complexity index is 336. The highest BCUT2D eigenvalue weighted by Crippen LogP contribution is 2.27. The first-order valence-corrected chi connectivity index (χ1v) is 7.14. The second-order valence-corrected chi connectivity index (χ2v) is 5.36. The van der Waals surface area contributed by atoms with Crippen molar-refractivity contribution in [3.63, 3.8) is 0 Å². The molecule has 1 aromatic rings. The van der Waals surface area contributed by atoms with Gasteiger partial charge in [-0.3, -0.25) is 0 Å². The lowest BCUT2D eigenvalue weighted by Crippen LogP contribution is -2.36. The standard InChI is InChI=1S/C12H21N3OS/c1-3-4-13-10(2)11-9-14-12(17-11)15-5-7-16-8-6-15/h9-10,13H,3-8H2,1-2H3. The molecule has 1 fully saturated rings. The molecule has 0 aromatic carbocycles. The summed E-state index contributed by atoms with van der Waals surface area (Å²) in [5.74, 6) is 0. The van der Waals surface area contributed by atoms with E-state index in [2.05, 4.69) is 29.0 Å². The fourth-order valence-electron chi connectivity index (χ4n) is 1.84. The average molecular weight is 255 g/mol. The second kappa shape index (κ2) is 6.33. The van der Waals surface area contributed by atoms with E-state index in [0.717, 1.165) is 38.0 Å². The van der Waals surface area contributed by atoms with Crippen LogP contribution in [-0.4, -0.2) is 37.8 Å². The van der Waals surface area contributed by atoms with Crippen molar-refractivity contribution in [1.82, 2.24) is 10.3 Å². The van der Waals surface area contributed by atoms with Crippen molar-refractivity contribution in [3.8, 4) is 0 Å². The van der Waals surface area contributed by atoms with Gasteiger partial charge in [0.15, 0.2) is 5.13 Å². The van der Waals surface area contributed by atoms with E-state index in [1.807, 2.05) is 6.20 Å². The van der Waals surface area contributed by atoms with Crippen LogP contribution >= 0.6 is 11.3 Å². The topological polar surface area (TPSA) is 37.4 Å². The molecule has 1 aliphatic rings. The lowest BCUT2D eigenvalue weighted by molar-refractivity contribution is 0.122. The summed E-state index contributed by atoms with van der Waals surface area (Å²) < 4.78 is 5.35. The third-order valence-corrected chi connectivity index (χ3v) is 4.16. The summed E-state index contributed by atoms with van der Waals surface area (Å²) in [6, 6.07) is 0.405. The van der Waals surface area contributed by atoms with Crippen LogP contribution in [0.2, 0.25) is 0 Å². The Morgan fingerprint density at radius 1 is 1.53 bits per heavy atom. The van der Waals surface area contributed by atoms with Gasteiger partial charge in [0.05, 0.1) is 13.2 Å². The summed E-state index contributed by atoms with van der Waals surface area (Å²) in [5, 5.41) is 4.62. The Labute approximate surface area is 107 Å². The van der Waals surface area contributed by atoms with Gasteiger partial charge in [-0.15, -0.1) is 11.3 Å². The smallest absolute Gasteiger partial charge is 0.185 e. The maximum absolute atomic E-state index is 5.35. The predicted octanol–water partition coefficient (Wildman–Crippen LogP) is 2.04. The lowest BCUT2D eigenvalue weighted by Gasteiger charge is -2.26. The second-order valence-electron chi connectivity index (χ2n) is 4.32.